The van der Waals surface area contributed by atoms with Gasteiger partial charge >= 0.3 is 0 Å². The van der Waals surface area contributed by atoms with Gasteiger partial charge in [-0.05, 0) is 42.9 Å². The lowest BCUT2D eigenvalue weighted by Crippen LogP contribution is -2.18. The first-order valence-corrected chi connectivity index (χ1v) is 10.9. The summed E-state index contributed by atoms with van der Waals surface area (Å²) in [6.07, 6.45) is 6.11. The number of hydrogen-bond donors (Lipinski definition) is 2. The Bertz CT molecular complexity index is 1100. The number of hydrogen-bond acceptors (Lipinski definition) is 3. The van der Waals surface area contributed by atoms with E-state index in [9.17, 15) is 18.4 Å². The second kappa shape index (κ2) is 11.7. The van der Waals surface area contributed by atoms with Gasteiger partial charge in [0.1, 0.15) is 5.69 Å². The highest BCUT2D eigenvalue weighted by Crippen LogP contribution is 2.33. The number of fused-ring (bicyclic) bond motifs is 1. The predicted molar refractivity (Wildman–Crippen MR) is 124 cm³/mol. The summed E-state index contributed by atoms with van der Waals surface area (Å²) in [5, 5.41) is 0.103. The molecule has 3 aromatic rings. The number of nitrogens with zero attached hydrogens (tertiary/aromatic N) is 1. The Balaban J connectivity index is 0.000000233. The van der Waals surface area contributed by atoms with E-state index in [0.717, 1.165) is 30.5 Å². The van der Waals surface area contributed by atoms with Crippen LogP contribution in [-0.4, -0.2) is 15.9 Å². The first-order chi connectivity index (χ1) is 15.1. The molecule has 1 aliphatic carbocycles. The lowest BCUT2D eigenvalue weighted by Gasteiger charge is -2.11. The van der Waals surface area contributed by atoms with Crippen LogP contribution in [0.1, 0.15) is 68.6 Å². The number of nitrogens with one attached hydrogen (secondary N) is 1. The van der Waals surface area contributed by atoms with E-state index in [4.69, 9.17) is 17.3 Å². The first-order valence-electron chi connectivity index (χ1n) is 10.5. The zero-order chi connectivity index (χ0) is 23.8. The van der Waals surface area contributed by atoms with Gasteiger partial charge in [-0.1, -0.05) is 51.3 Å². The number of rotatable bonds is 2. The molecule has 0 atom stereocenters. The number of aromatic amines is 1. The van der Waals surface area contributed by atoms with E-state index in [-0.39, 0.29) is 21.5 Å². The largest absolute Gasteiger partial charge is 0.364 e. The second-order valence-electron chi connectivity index (χ2n) is 8.28. The van der Waals surface area contributed by atoms with Crippen LogP contribution in [0.25, 0.3) is 10.9 Å². The van der Waals surface area contributed by atoms with Crippen molar-refractivity contribution in [3.05, 3.63) is 74.8 Å². The van der Waals surface area contributed by atoms with Crippen molar-refractivity contribution in [2.24, 2.45) is 11.7 Å². The first kappa shape index (κ1) is 25.5. The molecule has 3 N–H and O–H groups in total. The molecule has 1 aliphatic rings. The van der Waals surface area contributed by atoms with Gasteiger partial charge in [-0.25, -0.2) is 8.78 Å². The van der Waals surface area contributed by atoms with Gasteiger partial charge in [0.25, 0.3) is 5.91 Å². The summed E-state index contributed by atoms with van der Waals surface area (Å²) < 4.78 is 24.3. The fourth-order valence-corrected chi connectivity index (χ4v) is 3.50. The molecule has 1 amide bonds. The third kappa shape index (κ3) is 6.85. The van der Waals surface area contributed by atoms with Gasteiger partial charge in [0, 0.05) is 18.0 Å². The van der Waals surface area contributed by atoms with E-state index in [2.05, 4.69) is 30.7 Å². The number of carbonyl (C=O) groups is 1. The molecule has 5 nitrogen and oxygen atoms in total. The van der Waals surface area contributed by atoms with Crippen molar-refractivity contribution >= 4 is 28.4 Å². The Morgan fingerprint density at radius 2 is 1.81 bits per heavy atom. The minimum absolute atomic E-state index is 0.0386. The van der Waals surface area contributed by atoms with Gasteiger partial charge in [-0.3, -0.25) is 14.6 Å². The molecule has 32 heavy (non-hydrogen) atoms. The third-order valence-electron chi connectivity index (χ3n) is 4.70. The maximum atomic E-state index is 12.2. The molecule has 1 fully saturated rings. The second-order valence-corrected chi connectivity index (χ2v) is 8.69. The molecule has 0 saturated heterocycles. The zero-order valence-corrected chi connectivity index (χ0v) is 19.2. The fraction of sp³-hybridized carbons (Fsp3) is 0.375. The van der Waals surface area contributed by atoms with Crippen LogP contribution in [0.3, 0.4) is 0 Å². The molecule has 1 aromatic carbocycles. The average Bonchev–Trinajstić information content (AvgIpc) is 3.26. The number of primary amides is 1. The number of halogens is 3. The summed E-state index contributed by atoms with van der Waals surface area (Å²) in [5.41, 5.74) is 6.70. The third-order valence-corrected chi connectivity index (χ3v) is 4.99. The summed E-state index contributed by atoms with van der Waals surface area (Å²) in [7, 11) is 0. The smallest absolute Gasteiger partial charge is 0.268 e. The van der Waals surface area contributed by atoms with Crippen LogP contribution >= 0.6 is 11.6 Å². The molecule has 2 aromatic heterocycles. The summed E-state index contributed by atoms with van der Waals surface area (Å²) in [6.45, 7) is 6.50. The van der Waals surface area contributed by atoms with E-state index in [1.807, 2.05) is 0 Å². The van der Waals surface area contributed by atoms with Gasteiger partial charge in [0.2, 0.25) is 0 Å². The van der Waals surface area contributed by atoms with E-state index < -0.39 is 17.5 Å². The standard InChI is InChI=1S/C14H15N3O2.C6H3ClF2.C4H10/c15-14(19)13-12-9(5-6-16-13)17-10(7-11(12)18)8-3-1-2-4-8;7-4-2-1-3-5(8)6(4)9;1-4(2)3/h5-8H,1-4H2,(H2,15,19)(H,17,18);1-3H;4H,1-3H3. The maximum absolute atomic E-state index is 12.2. The summed E-state index contributed by atoms with van der Waals surface area (Å²) in [4.78, 5) is 30.7. The van der Waals surface area contributed by atoms with Gasteiger partial charge in [-0.2, -0.15) is 0 Å². The molecule has 1 saturated carbocycles. The summed E-state index contributed by atoms with van der Waals surface area (Å²) in [6, 6.07) is 6.95. The number of amides is 1. The van der Waals surface area contributed by atoms with Crippen LogP contribution in [0.15, 0.2) is 41.3 Å². The van der Waals surface area contributed by atoms with Crippen molar-refractivity contribution in [1.29, 1.82) is 0 Å². The number of aromatic nitrogens is 2. The van der Waals surface area contributed by atoms with Gasteiger partial charge in [0.15, 0.2) is 17.1 Å². The topological polar surface area (TPSA) is 88.8 Å². The van der Waals surface area contributed by atoms with E-state index in [0.29, 0.717) is 11.4 Å². The minimum atomic E-state index is -0.987. The SMILES string of the molecule is CC(C)C.Fc1cccc(Cl)c1F.NC(=O)c1nccc2[nH]c(C3CCCC3)cc(=O)c12. The van der Waals surface area contributed by atoms with Gasteiger partial charge in [-0.15, -0.1) is 0 Å². The molecule has 0 bridgehead atoms. The van der Waals surface area contributed by atoms with Crippen molar-refractivity contribution in [3.8, 4) is 0 Å². The van der Waals surface area contributed by atoms with Gasteiger partial charge in [0.05, 0.1) is 15.9 Å². The average molecular weight is 464 g/mol. The minimum Gasteiger partial charge on any atom is -0.364 e. The number of benzene rings is 1. The molecule has 172 valence electrons. The van der Waals surface area contributed by atoms with Crippen LogP contribution in [0.4, 0.5) is 8.78 Å². The van der Waals surface area contributed by atoms with Crippen molar-refractivity contribution in [2.75, 3.05) is 0 Å². The van der Waals surface area contributed by atoms with E-state index >= 15 is 0 Å². The van der Waals surface area contributed by atoms with Crippen LogP contribution in [0.5, 0.6) is 0 Å². The summed E-state index contributed by atoms with van der Waals surface area (Å²) >= 11 is 5.20. The lowest BCUT2D eigenvalue weighted by atomic mass is 10.0. The quantitative estimate of drug-likeness (QED) is 0.459. The van der Waals surface area contributed by atoms with Crippen LogP contribution in [0.2, 0.25) is 5.02 Å². The highest BCUT2D eigenvalue weighted by molar-refractivity contribution is 6.30. The Morgan fingerprint density at radius 3 is 2.34 bits per heavy atom. The van der Waals surface area contributed by atoms with Crippen LogP contribution < -0.4 is 11.2 Å². The normalized spacial score (nSPS) is 13.3. The molecule has 0 aliphatic heterocycles. The predicted octanol–water partition coefficient (Wildman–Crippen LogP) is 5.96. The van der Waals surface area contributed by atoms with Crippen molar-refractivity contribution in [3.63, 3.8) is 0 Å². The van der Waals surface area contributed by atoms with E-state index in [1.165, 1.54) is 31.2 Å². The molecule has 0 radical (unpaired) electrons. The Morgan fingerprint density at radius 1 is 1.19 bits per heavy atom. The Labute approximate surface area is 191 Å². The van der Waals surface area contributed by atoms with Crippen LogP contribution in [0, 0.1) is 17.6 Å². The van der Waals surface area contributed by atoms with Crippen molar-refractivity contribution in [1.82, 2.24) is 9.97 Å². The molecule has 0 spiro atoms. The Kier molecular flexibility index (Phi) is 9.32. The number of nitrogens with two attached hydrogens (primary N) is 1. The molecular weight excluding hydrogens is 436 g/mol. The lowest BCUT2D eigenvalue weighted by molar-refractivity contribution is 0.0997. The summed E-state index contributed by atoms with van der Waals surface area (Å²) in [5.74, 6) is -1.33. The highest BCUT2D eigenvalue weighted by atomic mass is 35.5. The molecule has 2 heterocycles. The Hall–Kier alpha value is -2.80. The van der Waals surface area contributed by atoms with E-state index in [1.54, 1.807) is 12.1 Å². The number of carbonyl (C=O) groups excluding carboxylic acids is 1. The van der Waals surface area contributed by atoms with Crippen LogP contribution in [-0.2, 0) is 0 Å². The van der Waals surface area contributed by atoms with Crippen molar-refractivity contribution in [2.45, 2.75) is 52.4 Å². The molecule has 4 rings (SSSR count). The monoisotopic (exact) mass is 463 g/mol. The van der Waals surface area contributed by atoms with Gasteiger partial charge < -0.3 is 10.7 Å². The number of H-pyrrole nitrogens is 1. The highest BCUT2D eigenvalue weighted by Gasteiger charge is 2.20. The molecule has 0 unspecified atom stereocenters. The fourth-order valence-electron chi connectivity index (χ4n) is 3.34. The van der Waals surface area contributed by atoms with Crippen molar-refractivity contribution < 1.29 is 13.6 Å². The maximum Gasteiger partial charge on any atom is 0.268 e. The zero-order valence-electron chi connectivity index (χ0n) is 18.4. The molecular formula is C24H28ClF2N3O2. The number of pyridine rings is 2. The molecule has 8 heteroatoms.